The molecule has 0 aromatic carbocycles. The predicted molar refractivity (Wildman–Crippen MR) is 35.4 cm³/mol. The van der Waals surface area contributed by atoms with Gasteiger partial charge in [-0.15, -0.1) is 0 Å². The summed E-state index contributed by atoms with van der Waals surface area (Å²) in [7, 11) is -2.10. The summed E-state index contributed by atoms with van der Waals surface area (Å²) in [5.41, 5.74) is 0. The highest BCUT2D eigenvalue weighted by molar-refractivity contribution is 7.90. The number of hydrogen-bond donors (Lipinski definition) is 0. The molecule has 1 amide bonds. The standard InChI is InChI=1S/C5H8NO3S/c1-6(4-7)10(8,9)5-2-3-5/h5H,2-3H2,1H3. The lowest BCUT2D eigenvalue weighted by atomic mass is 11.0. The van der Waals surface area contributed by atoms with Gasteiger partial charge >= 0.3 is 6.41 Å². The summed E-state index contributed by atoms with van der Waals surface area (Å²) in [5.74, 6) is 0. The minimum absolute atomic E-state index is 0.320. The maximum atomic E-state index is 11.0. The minimum atomic E-state index is -3.31. The molecule has 1 radical (unpaired) electrons. The molecule has 0 aromatic heterocycles. The Kier molecular flexibility index (Phi) is 1.68. The molecular formula is C5H8NO3S. The molecule has 0 saturated heterocycles. The first kappa shape index (κ1) is 7.53. The Morgan fingerprint density at radius 3 is 2.30 bits per heavy atom. The Morgan fingerprint density at radius 2 is 2.00 bits per heavy atom. The maximum Gasteiger partial charge on any atom is 0.326 e. The fraction of sp³-hybridized carbons (Fsp3) is 0.800. The third-order valence-corrected chi connectivity index (χ3v) is 3.61. The first-order valence-corrected chi connectivity index (χ1v) is 4.45. The number of sulfonamides is 1. The van der Waals surface area contributed by atoms with Gasteiger partial charge in [0, 0.05) is 7.05 Å². The van der Waals surface area contributed by atoms with Gasteiger partial charge in [0.15, 0.2) is 0 Å². The van der Waals surface area contributed by atoms with Gasteiger partial charge in [0.1, 0.15) is 0 Å². The highest BCUT2D eigenvalue weighted by atomic mass is 32.2. The van der Waals surface area contributed by atoms with Crippen LogP contribution >= 0.6 is 0 Å². The molecule has 0 bridgehead atoms. The van der Waals surface area contributed by atoms with Gasteiger partial charge in [-0.25, -0.2) is 12.7 Å². The van der Waals surface area contributed by atoms with Gasteiger partial charge in [0.2, 0.25) is 10.0 Å². The van der Waals surface area contributed by atoms with E-state index >= 15 is 0 Å². The van der Waals surface area contributed by atoms with Gasteiger partial charge in [0.25, 0.3) is 0 Å². The molecule has 0 heterocycles. The predicted octanol–water partition coefficient (Wildman–Crippen LogP) is -0.522. The lowest BCUT2D eigenvalue weighted by Gasteiger charge is -2.08. The van der Waals surface area contributed by atoms with Crippen LogP contribution in [-0.2, 0) is 14.8 Å². The van der Waals surface area contributed by atoms with Crippen LogP contribution in [0, 0.1) is 0 Å². The topological polar surface area (TPSA) is 54.5 Å². The van der Waals surface area contributed by atoms with Gasteiger partial charge in [-0.3, -0.25) is 4.79 Å². The van der Waals surface area contributed by atoms with Gasteiger partial charge in [0.05, 0.1) is 5.25 Å². The molecule has 0 aliphatic heterocycles. The molecule has 1 saturated carbocycles. The third kappa shape index (κ3) is 1.13. The number of nitrogens with zero attached hydrogens (tertiary/aromatic N) is 1. The van der Waals surface area contributed by atoms with Crippen molar-refractivity contribution in [3.63, 3.8) is 0 Å². The number of rotatable bonds is 3. The van der Waals surface area contributed by atoms with Crippen molar-refractivity contribution in [2.45, 2.75) is 18.1 Å². The van der Waals surface area contributed by atoms with Crippen molar-refractivity contribution in [2.75, 3.05) is 7.05 Å². The molecular weight excluding hydrogens is 154 g/mol. The van der Waals surface area contributed by atoms with Crippen LogP contribution in [-0.4, -0.2) is 31.4 Å². The van der Waals surface area contributed by atoms with Gasteiger partial charge in [-0.05, 0) is 12.8 Å². The first-order valence-electron chi connectivity index (χ1n) is 2.94. The number of carbonyl (C=O) groups excluding carboxylic acids is 1. The van der Waals surface area contributed by atoms with Crippen LogP contribution in [0.3, 0.4) is 0 Å². The average molecular weight is 162 g/mol. The first-order chi connectivity index (χ1) is 4.59. The molecule has 57 valence electrons. The molecule has 1 aliphatic rings. The van der Waals surface area contributed by atoms with Crippen LogP contribution in [0.4, 0.5) is 0 Å². The van der Waals surface area contributed by atoms with Crippen molar-refractivity contribution in [3.05, 3.63) is 0 Å². The summed E-state index contributed by atoms with van der Waals surface area (Å²) in [6.45, 7) is 0. The molecule has 5 heteroatoms. The van der Waals surface area contributed by atoms with Crippen molar-refractivity contribution in [1.82, 2.24) is 4.31 Å². The summed E-state index contributed by atoms with van der Waals surface area (Å²) in [6, 6.07) is 0. The molecule has 1 aliphatic carbocycles. The van der Waals surface area contributed by atoms with E-state index in [1.165, 1.54) is 13.5 Å². The van der Waals surface area contributed by atoms with Crippen molar-refractivity contribution in [1.29, 1.82) is 0 Å². The van der Waals surface area contributed by atoms with E-state index in [0.29, 0.717) is 17.1 Å². The lowest BCUT2D eigenvalue weighted by Crippen LogP contribution is -2.28. The quantitative estimate of drug-likeness (QED) is 0.524. The van der Waals surface area contributed by atoms with Crippen molar-refractivity contribution in [3.8, 4) is 0 Å². The summed E-state index contributed by atoms with van der Waals surface area (Å²) in [5, 5.41) is -0.320. The van der Waals surface area contributed by atoms with E-state index in [-0.39, 0.29) is 5.25 Å². The summed E-state index contributed by atoms with van der Waals surface area (Å²) in [6.07, 6.45) is 2.67. The summed E-state index contributed by atoms with van der Waals surface area (Å²) < 4.78 is 22.6. The van der Waals surface area contributed by atoms with Crippen LogP contribution in [0.25, 0.3) is 0 Å². The normalized spacial score (nSPS) is 18.5. The van der Waals surface area contributed by atoms with Crippen LogP contribution in [0.2, 0.25) is 0 Å². The molecule has 1 rings (SSSR count). The Hall–Kier alpha value is -0.580. The van der Waals surface area contributed by atoms with Gasteiger partial charge in [-0.2, -0.15) is 0 Å². The monoisotopic (exact) mass is 162 g/mol. The van der Waals surface area contributed by atoms with E-state index in [9.17, 15) is 13.2 Å². The van der Waals surface area contributed by atoms with E-state index in [1.807, 2.05) is 0 Å². The Balaban J connectivity index is 2.76. The van der Waals surface area contributed by atoms with E-state index in [2.05, 4.69) is 0 Å². The Labute approximate surface area is 59.9 Å². The van der Waals surface area contributed by atoms with Gasteiger partial charge in [-0.1, -0.05) is 0 Å². The molecule has 4 nitrogen and oxygen atoms in total. The zero-order valence-corrected chi connectivity index (χ0v) is 6.39. The van der Waals surface area contributed by atoms with E-state index in [4.69, 9.17) is 0 Å². The molecule has 0 unspecified atom stereocenters. The summed E-state index contributed by atoms with van der Waals surface area (Å²) in [4.78, 5) is 9.91. The third-order valence-electron chi connectivity index (χ3n) is 1.46. The Morgan fingerprint density at radius 1 is 1.50 bits per heavy atom. The Bertz CT molecular complexity index is 229. The van der Waals surface area contributed by atoms with Crippen LogP contribution < -0.4 is 0 Å². The zero-order valence-electron chi connectivity index (χ0n) is 5.57. The fourth-order valence-electron chi connectivity index (χ4n) is 0.641. The fourth-order valence-corrected chi connectivity index (χ4v) is 1.92. The molecule has 0 atom stereocenters. The van der Waals surface area contributed by atoms with E-state index in [0.717, 1.165) is 0 Å². The number of amides is 1. The minimum Gasteiger partial charge on any atom is -0.262 e. The molecule has 10 heavy (non-hydrogen) atoms. The maximum absolute atomic E-state index is 11.0. The average Bonchev–Trinajstić information content (AvgIpc) is 2.66. The van der Waals surface area contributed by atoms with Crippen molar-refractivity contribution in [2.24, 2.45) is 0 Å². The molecule has 0 aromatic rings. The smallest absolute Gasteiger partial charge is 0.262 e. The molecule has 0 spiro atoms. The van der Waals surface area contributed by atoms with Crippen molar-refractivity contribution < 1.29 is 13.2 Å². The van der Waals surface area contributed by atoms with Crippen LogP contribution in [0.1, 0.15) is 12.8 Å². The second kappa shape index (κ2) is 2.23. The summed E-state index contributed by atoms with van der Waals surface area (Å²) >= 11 is 0. The van der Waals surface area contributed by atoms with E-state index < -0.39 is 10.0 Å². The van der Waals surface area contributed by atoms with Gasteiger partial charge < -0.3 is 0 Å². The largest absolute Gasteiger partial charge is 0.326 e. The number of hydrogen-bond acceptors (Lipinski definition) is 3. The highest BCUT2D eigenvalue weighted by Crippen LogP contribution is 2.29. The van der Waals surface area contributed by atoms with Crippen LogP contribution in [0.5, 0.6) is 0 Å². The zero-order chi connectivity index (χ0) is 7.78. The second-order valence-electron chi connectivity index (χ2n) is 2.30. The van der Waals surface area contributed by atoms with Crippen molar-refractivity contribution >= 4 is 16.4 Å². The molecule has 0 N–H and O–H groups in total. The SMILES string of the molecule is CN([C]=O)S(=O)(=O)C1CC1. The molecule has 1 fully saturated rings. The highest BCUT2D eigenvalue weighted by Gasteiger charge is 2.38. The van der Waals surface area contributed by atoms with Crippen LogP contribution in [0.15, 0.2) is 0 Å². The van der Waals surface area contributed by atoms with E-state index in [1.54, 1.807) is 0 Å². The second-order valence-corrected chi connectivity index (χ2v) is 4.55. The lowest BCUT2D eigenvalue weighted by molar-refractivity contribution is 0.497.